The lowest BCUT2D eigenvalue weighted by atomic mass is 9.47. The summed E-state index contributed by atoms with van der Waals surface area (Å²) in [6.45, 7) is 5.98. The van der Waals surface area contributed by atoms with E-state index < -0.39 is 15.9 Å². The van der Waals surface area contributed by atoms with Gasteiger partial charge in [0, 0.05) is 17.3 Å². The molecule has 0 saturated heterocycles. The highest BCUT2D eigenvalue weighted by Gasteiger charge is 2.69. The minimum absolute atomic E-state index is 0.000453. The van der Waals surface area contributed by atoms with Crippen molar-refractivity contribution in [3.05, 3.63) is 23.8 Å². The lowest BCUT2D eigenvalue weighted by Gasteiger charge is -2.62. The first-order valence-corrected chi connectivity index (χ1v) is 10.9. The molecule has 0 aromatic rings. The van der Waals surface area contributed by atoms with Gasteiger partial charge in [0.05, 0.1) is 4.32 Å². The fraction of sp³-hybridized carbons (Fsp3) is 0.727. The van der Waals surface area contributed by atoms with E-state index in [1.807, 2.05) is 6.08 Å². The predicted octanol–water partition coefficient (Wildman–Crippen LogP) is 5.08. The number of allylic oxidation sites excluding steroid dienone is 4. The van der Waals surface area contributed by atoms with Crippen LogP contribution < -0.4 is 0 Å². The molecule has 0 aromatic carbocycles. The number of hydrogen-bond donors (Lipinski definition) is 0. The molecular weight excluding hydrogens is 411 g/mol. The van der Waals surface area contributed by atoms with Crippen LogP contribution in [0.3, 0.4) is 0 Å². The van der Waals surface area contributed by atoms with Crippen LogP contribution in [0.2, 0.25) is 0 Å². The molecule has 0 bridgehead atoms. The van der Waals surface area contributed by atoms with Crippen LogP contribution in [-0.2, 0) is 14.3 Å². The molecule has 0 unspecified atom stereocenters. The van der Waals surface area contributed by atoms with Crippen LogP contribution in [0, 0.1) is 22.7 Å². The van der Waals surface area contributed by atoms with Crippen LogP contribution in [0.1, 0.15) is 59.3 Å². The largest absolute Gasteiger partial charge is 0.462 e. The summed E-state index contributed by atoms with van der Waals surface area (Å²) in [4.78, 5) is 23.8. The van der Waals surface area contributed by atoms with E-state index in [0.29, 0.717) is 18.8 Å². The second kappa shape index (κ2) is 6.27. The van der Waals surface area contributed by atoms with Crippen LogP contribution in [0.25, 0.3) is 0 Å². The third-order valence-electron chi connectivity index (χ3n) is 8.07. The Bertz CT molecular complexity index is 746. The van der Waals surface area contributed by atoms with Crippen molar-refractivity contribution in [3.63, 3.8) is 0 Å². The molecule has 27 heavy (non-hydrogen) atoms. The highest BCUT2D eigenvalue weighted by molar-refractivity contribution is 9.10. The van der Waals surface area contributed by atoms with Gasteiger partial charge in [0.2, 0.25) is 0 Å². The zero-order valence-corrected chi connectivity index (χ0v) is 17.9. The highest BCUT2D eigenvalue weighted by Crippen LogP contribution is 2.70. The van der Waals surface area contributed by atoms with E-state index in [1.54, 1.807) is 19.1 Å². The predicted molar refractivity (Wildman–Crippen MR) is 105 cm³/mol. The molecular formula is C22H28BrFO3. The van der Waals surface area contributed by atoms with Gasteiger partial charge < -0.3 is 4.74 Å². The molecule has 3 nitrogen and oxygen atoms in total. The Hall–Kier alpha value is -0.970. The van der Waals surface area contributed by atoms with E-state index in [4.69, 9.17) is 4.74 Å². The normalized spacial score (nSPS) is 48.3. The molecule has 0 heterocycles. The number of halogens is 2. The highest BCUT2D eigenvalue weighted by atomic mass is 79.9. The summed E-state index contributed by atoms with van der Waals surface area (Å²) in [7, 11) is 0. The SMILES string of the molecule is CCC(=O)O[C@H]1CC[C@H]2[C@@H]3CCC4=CC(=O)C=C[C@]4(C)[C@@]3(Br)[C@@H](F)C[C@]12C. The van der Waals surface area contributed by atoms with Crippen molar-refractivity contribution >= 4 is 27.7 Å². The second-order valence-electron chi connectivity index (χ2n) is 9.21. The first kappa shape index (κ1) is 19.4. The van der Waals surface area contributed by atoms with Gasteiger partial charge in [-0.15, -0.1) is 0 Å². The van der Waals surface area contributed by atoms with E-state index in [0.717, 1.165) is 31.3 Å². The fourth-order valence-electron chi connectivity index (χ4n) is 6.53. The van der Waals surface area contributed by atoms with Gasteiger partial charge >= 0.3 is 5.97 Å². The standard InChI is InChI=1S/C22H28BrFO3/c1-4-19(26)27-18-8-7-15-16-6-5-13-11-14(25)9-10-21(13,3)22(16,23)17(24)12-20(15,18)2/h9-11,15-18H,4-8,12H2,1-3H3/t15-,16-,17-,18-,20-,21-,22-/m0/s1. The van der Waals surface area contributed by atoms with Crippen molar-refractivity contribution in [2.75, 3.05) is 0 Å². The maximum absolute atomic E-state index is 16.0. The molecule has 4 rings (SSSR count). The Labute approximate surface area is 168 Å². The average Bonchev–Trinajstić information content (AvgIpc) is 2.93. The van der Waals surface area contributed by atoms with Gasteiger partial charge in [-0.25, -0.2) is 4.39 Å². The summed E-state index contributed by atoms with van der Waals surface area (Å²) in [6.07, 6.45) is 8.15. The Morgan fingerprint density at radius 2 is 2.04 bits per heavy atom. The maximum atomic E-state index is 16.0. The zero-order chi connectivity index (χ0) is 19.6. The Kier molecular flexibility index (Phi) is 4.49. The topological polar surface area (TPSA) is 43.4 Å². The van der Waals surface area contributed by atoms with Crippen molar-refractivity contribution in [2.24, 2.45) is 22.7 Å². The van der Waals surface area contributed by atoms with Crippen LogP contribution in [0.15, 0.2) is 23.8 Å². The van der Waals surface area contributed by atoms with Gasteiger partial charge in [0.25, 0.3) is 0 Å². The van der Waals surface area contributed by atoms with Crippen molar-refractivity contribution in [3.8, 4) is 0 Å². The molecule has 0 spiro atoms. The lowest BCUT2D eigenvalue weighted by Crippen LogP contribution is -2.65. The number of carbonyl (C=O) groups is 2. The molecule has 4 aliphatic carbocycles. The number of ketones is 1. The first-order valence-electron chi connectivity index (χ1n) is 10.1. The van der Waals surface area contributed by atoms with Gasteiger partial charge in [-0.3, -0.25) is 9.59 Å². The quantitative estimate of drug-likeness (QED) is 0.445. The third-order valence-corrected chi connectivity index (χ3v) is 9.98. The van der Waals surface area contributed by atoms with Gasteiger partial charge in [0.1, 0.15) is 12.3 Å². The molecule has 0 N–H and O–H groups in total. The van der Waals surface area contributed by atoms with E-state index in [1.165, 1.54) is 0 Å². The van der Waals surface area contributed by atoms with Gasteiger partial charge in [0.15, 0.2) is 5.78 Å². The summed E-state index contributed by atoms with van der Waals surface area (Å²) in [6, 6.07) is 0. The third kappa shape index (κ3) is 2.49. The summed E-state index contributed by atoms with van der Waals surface area (Å²) in [5.41, 5.74) is 0.224. The van der Waals surface area contributed by atoms with Crippen LogP contribution >= 0.6 is 15.9 Å². The molecule has 0 amide bonds. The maximum Gasteiger partial charge on any atom is 0.305 e. The van der Waals surface area contributed by atoms with Gasteiger partial charge in [-0.2, -0.15) is 0 Å². The van der Waals surface area contributed by atoms with Crippen molar-refractivity contribution in [1.82, 2.24) is 0 Å². The molecule has 4 aliphatic rings. The average molecular weight is 439 g/mol. The minimum Gasteiger partial charge on any atom is -0.462 e. The fourth-order valence-corrected chi connectivity index (χ4v) is 7.63. The summed E-state index contributed by atoms with van der Waals surface area (Å²) in [5.74, 6) is 0.266. The summed E-state index contributed by atoms with van der Waals surface area (Å²) >= 11 is 3.91. The number of esters is 1. The van der Waals surface area contributed by atoms with Crippen molar-refractivity contribution < 1.29 is 18.7 Å². The van der Waals surface area contributed by atoms with Crippen LogP contribution in [0.4, 0.5) is 4.39 Å². The molecule has 148 valence electrons. The monoisotopic (exact) mass is 438 g/mol. The van der Waals surface area contributed by atoms with E-state index in [2.05, 4.69) is 29.8 Å². The summed E-state index contributed by atoms with van der Waals surface area (Å²) in [5, 5.41) is 0. The number of hydrogen-bond acceptors (Lipinski definition) is 3. The second-order valence-corrected chi connectivity index (χ2v) is 10.5. The van der Waals surface area contributed by atoms with Gasteiger partial charge in [-0.1, -0.05) is 48.4 Å². The smallest absolute Gasteiger partial charge is 0.305 e. The first-order chi connectivity index (χ1) is 12.7. The number of rotatable bonds is 2. The van der Waals surface area contributed by atoms with E-state index >= 15 is 4.39 Å². The van der Waals surface area contributed by atoms with E-state index in [-0.39, 0.29) is 29.2 Å². The van der Waals surface area contributed by atoms with Crippen LogP contribution in [-0.4, -0.2) is 28.4 Å². The number of carbonyl (C=O) groups excluding carboxylic acids is 2. The number of fused-ring (bicyclic) bond motifs is 5. The van der Waals surface area contributed by atoms with Crippen LogP contribution in [0.5, 0.6) is 0 Å². The molecule has 3 fully saturated rings. The van der Waals surface area contributed by atoms with Gasteiger partial charge in [-0.05, 0) is 56.1 Å². The molecule has 0 aromatic heterocycles. The lowest BCUT2D eigenvalue weighted by molar-refractivity contribution is -0.160. The Morgan fingerprint density at radius 3 is 2.74 bits per heavy atom. The molecule has 7 atom stereocenters. The van der Waals surface area contributed by atoms with Crippen molar-refractivity contribution in [1.29, 1.82) is 0 Å². The Balaban J connectivity index is 1.72. The minimum atomic E-state index is -1.07. The molecule has 3 saturated carbocycles. The van der Waals surface area contributed by atoms with Crippen molar-refractivity contribution in [2.45, 2.75) is 75.9 Å². The molecule has 0 aliphatic heterocycles. The molecule has 5 heteroatoms. The van der Waals surface area contributed by atoms with E-state index in [9.17, 15) is 9.59 Å². The molecule has 0 radical (unpaired) electrons. The Morgan fingerprint density at radius 1 is 1.30 bits per heavy atom. The number of ether oxygens (including phenoxy) is 1. The summed E-state index contributed by atoms with van der Waals surface area (Å²) < 4.78 is 21.0. The zero-order valence-electron chi connectivity index (χ0n) is 16.3. The number of alkyl halides is 2.